The topological polar surface area (TPSA) is 96.9 Å². The Bertz CT molecular complexity index is 968. The maximum Gasteiger partial charge on any atom is 0.262 e. The first-order chi connectivity index (χ1) is 14.0. The zero-order valence-corrected chi connectivity index (χ0v) is 17.2. The third kappa shape index (κ3) is 6.05. The fourth-order valence-corrected chi connectivity index (χ4v) is 4.11. The van der Waals surface area contributed by atoms with E-state index in [0.717, 1.165) is 30.6 Å². The van der Waals surface area contributed by atoms with E-state index in [1.807, 2.05) is 12.1 Å². The van der Waals surface area contributed by atoms with Crippen LogP contribution in [0.1, 0.15) is 31.2 Å². The standard InChI is InChI=1S/C21H25N3O4S/c1-28-18-10-6-16(7-11-18)15-21(25)23-17-8-12-19(13-9-17)29(26,27)24-20-5-3-2-4-14-22-20/h6-13H,2-5,14-15H2,1H3,(H,22,24)(H,23,25). The van der Waals surface area contributed by atoms with Crippen molar-refractivity contribution in [2.45, 2.75) is 37.0 Å². The number of amides is 1. The summed E-state index contributed by atoms with van der Waals surface area (Å²) in [7, 11) is -2.09. The monoisotopic (exact) mass is 415 g/mol. The molecule has 2 aromatic carbocycles. The molecule has 0 unspecified atom stereocenters. The lowest BCUT2D eigenvalue weighted by molar-refractivity contribution is -0.115. The van der Waals surface area contributed by atoms with Crippen LogP contribution in [0, 0.1) is 0 Å². The quantitative estimate of drug-likeness (QED) is 0.757. The fraction of sp³-hybridized carbons (Fsp3) is 0.333. The molecule has 3 rings (SSSR count). The van der Waals surface area contributed by atoms with Crippen LogP contribution in [-0.4, -0.2) is 33.8 Å². The van der Waals surface area contributed by atoms with E-state index in [2.05, 4.69) is 15.0 Å². The summed E-state index contributed by atoms with van der Waals surface area (Å²) in [6.07, 6.45) is 3.82. The minimum Gasteiger partial charge on any atom is -0.497 e. The molecule has 7 nitrogen and oxygen atoms in total. The number of hydrogen-bond acceptors (Lipinski definition) is 5. The van der Waals surface area contributed by atoms with E-state index < -0.39 is 10.0 Å². The highest BCUT2D eigenvalue weighted by Gasteiger charge is 2.17. The number of methoxy groups -OCH3 is 1. The van der Waals surface area contributed by atoms with Crippen LogP contribution in [0.25, 0.3) is 0 Å². The highest BCUT2D eigenvalue weighted by atomic mass is 32.2. The number of rotatable bonds is 6. The van der Waals surface area contributed by atoms with Gasteiger partial charge >= 0.3 is 0 Å². The van der Waals surface area contributed by atoms with Gasteiger partial charge in [-0.15, -0.1) is 0 Å². The molecule has 0 saturated carbocycles. The molecular formula is C21H25N3O4S. The third-order valence-corrected chi connectivity index (χ3v) is 6.00. The Morgan fingerprint density at radius 3 is 2.45 bits per heavy atom. The Balaban J connectivity index is 1.59. The number of nitrogens with zero attached hydrogens (tertiary/aromatic N) is 1. The number of aliphatic imine (C=N–C) groups is 1. The van der Waals surface area contributed by atoms with E-state index in [9.17, 15) is 13.2 Å². The Kier molecular flexibility index (Phi) is 6.87. The van der Waals surface area contributed by atoms with Crippen LogP contribution in [-0.2, 0) is 21.2 Å². The predicted molar refractivity (Wildman–Crippen MR) is 113 cm³/mol. The van der Waals surface area contributed by atoms with Gasteiger partial charge in [0.2, 0.25) is 5.91 Å². The second kappa shape index (κ2) is 9.56. The zero-order chi connectivity index (χ0) is 20.7. The molecule has 0 aliphatic carbocycles. The molecule has 0 spiro atoms. The van der Waals surface area contributed by atoms with Gasteiger partial charge in [0, 0.05) is 18.7 Å². The summed E-state index contributed by atoms with van der Waals surface area (Å²) < 4.78 is 32.8. The molecule has 0 aromatic heterocycles. The molecule has 0 fully saturated rings. The zero-order valence-electron chi connectivity index (χ0n) is 16.3. The minimum absolute atomic E-state index is 0.137. The van der Waals surface area contributed by atoms with E-state index in [1.54, 1.807) is 31.4 Å². The van der Waals surface area contributed by atoms with Crippen molar-refractivity contribution in [2.75, 3.05) is 19.0 Å². The van der Waals surface area contributed by atoms with Gasteiger partial charge in [0.25, 0.3) is 10.0 Å². The summed E-state index contributed by atoms with van der Waals surface area (Å²) in [5.41, 5.74) is 1.39. The van der Waals surface area contributed by atoms with E-state index in [0.29, 0.717) is 24.5 Å². The molecule has 0 bridgehead atoms. The smallest absolute Gasteiger partial charge is 0.262 e. The number of nitrogens with one attached hydrogen (secondary N) is 2. The summed E-state index contributed by atoms with van der Waals surface area (Å²) in [6.45, 7) is 0.650. The van der Waals surface area contributed by atoms with Crippen molar-refractivity contribution in [1.29, 1.82) is 0 Å². The average molecular weight is 416 g/mol. The molecule has 8 heteroatoms. The lowest BCUT2D eigenvalue weighted by atomic mass is 10.1. The van der Waals surface area contributed by atoms with E-state index >= 15 is 0 Å². The number of ether oxygens (including phenoxy) is 1. The lowest BCUT2D eigenvalue weighted by Gasteiger charge is -2.11. The number of carbonyl (C=O) groups excluding carboxylic acids is 1. The lowest BCUT2D eigenvalue weighted by Crippen LogP contribution is -2.30. The second-order valence-corrected chi connectivity index (χ2v) is 8.52. The summed E-state index contributed by atoms with van der Waals surface area (Å²) in [6, 6.07) is 13.4. The van der Waals surface area contributed by atoms with Crippen molar-refractivity contribution in [3.63, 3.8) is 0 Å². The normalized spacial score (nSPS) is 14.4. The maximum atomic E-state index is 12.6. The largest absolute Gasteiger partial charge is 0.497 e. The number of hydrogen-bond donors (Lipinski definition) is 2. The number of carbonyl (C=O) groups is 1. The molecule has 0 saturated heterocycles. The van der Waals surface area contributed by atoms with Gasteiger partial charge < -0.3 is 10.1 Å². The molecule has 1 amide bonds. The highest BCUT2D eigenvalue weighted by Crippen LogP contribution is 2.16. The van der Waals surface area contributed by atoms with Crippen molar-refractivity contribution >= 4 is 27.5 Å². The first kappa shape index (κ1) is 20.9. The van der Waals surface area contributed by atoms with E-state index in [4.69, 9.17) is 4.74 Å². The third-order valence-electron chi connectivity index (χ3n) is 4.60. The summed E-state index contributed by atoms with van der Waals surface area (Å²) in [4.78, 5) is 16.7. The molecule has 0 atom stereocenters. The SMILES string of the molecule is COc1ccc(CC(=O)Nc2ccc(S(=O)(=O)NC3=NCCCCC3)cc2)cc1. The summed E-state index contributed by atoms with van der Waals surface area (Å²) in [5, 5.41) is 2.78. The first-order valence-electron chi connectivity index (χ1n) is 9.55. The average Bonchev–Trinajstić information content (AvgIpc) is 2.97. The number of anilines is 1. The summed E-state index contributed by atoms with van der Waals surface area (Å²) in [5.74, 6) is 1.06. The van der Waals surface area contributed by atoms with Crippen LogP contribution in [0.15, 0.2) is 58.4 Å². The molecule has 29 heavy (non-hydrogen) atoms. The van der Waals surface area contributed by atoms with Crippen LogP contribution in [0.4, 0.5) is 5.69 Å². The molecule has 2 N–H and O–H groups in total. The van der Waals surface area contributed by atoms with Crippen LogP contribution >= 0.6 is 0 Å². The molecular weight excluding hydrogens is 390 g/mol. The van der Waals surface area contributed by atoms with Gasteiger partial charge in [0.1, 0.15) is 11.6 Å². The van der Waals surface area contributed by atoms with Crippen molar-refractivity contribution in [2.24, 2.45) is 4.99 Å². The van der Waals surface area contributed by atoms with Gasteiger partial charge in [-0.25, -0.2) is 8.42 Å². The highest BCUT2D eigenvalue weighted by molar-refractivity contribution is 7.90. The van der Waals surface area contributed by atoms with Crippen LogP contribution in [0.5, 0.6) is 5.75 Å². The fourth-order valence-electron chi connectivity index (χ4n) is 3.02. The van der Waals surface area contributed by atoms with Crippen molar-refractivity contribution in [1.82, 2.24) is 4.72 Å². The van der Waals surface area contributed by atoms with E-state index in [1.165, 1.54) is 12.1 Å². The Morgan fingerprint density at radius 1 is 1.03 bits per heavy atom. The van der Waals surface area contributed by atoms with Crippen molar-refractivity contribution in [3.05, 3.63) is 54.1 Å². The minimum atomic E-state index is -3.68. The van der Waals surface area contributed by atoms with Crippen LogP contribution in [0.3, 0.4) is 0 Å². The van der Waals surface area contributed by atoms with Gasteiger partial charge in [-0.2, -0.15) is 0 Å². The number of amidine groups is 1. The second-order valence-electron chi connectivity index (χ2n) is 6.84. The van der Waals surface area contributed by atoms with Crippen LogP contribution in [0.2, 0.25) is 0 Å². The Morgan fingerprint density at radius 2 is 1.76 bits per heavy atom. The van der Waals surface area contributed by atoms with Gasteiger partial charge in [0.05, 0.1) is 18.4 Å². The summed E-state index contributed by atoms with van der Waals surface area (Å²) >= 11 is 0. The van der Waals surface area contributed by atoms with Gasteiger partial charge in [-0.3, -0.25) is 14.5 Å². The van der Waals surface area contributed by atoms with Crippen LogP contribution < -0.4 is 14.8 Å². The predicted octanol–water partition coefficient (Wildman–Crippen LogP) is 3.13. The van der Waals surface area contributed by atoms with Gasteiger partial charge in [-0.1, -0.05) is 18.6 Å². The maximum absolute atomic E-state index is 12.6. The van der Waals surface area contributed by atoms with Crippen molar-refractivity contribution in [3.8, 4) is 5.75 Å². The molecule has 154 valence electrons. The van der Waals surface area contributed by atoms with Gasteiger partial charge in [-0.05, 0) is 54.8 Å². The molecule has 0 radical (unpaired) electrons. The Labute approximate surface area is 171 Å². The number of sulfonamides is 1. The molecule has 1 heterocycles. The molecule has 1 aliphatic heterocycles. The molecule has 2 aromatic rings. The first-order valence-corrected chi connectivity index (χ1v) is 11.0. The van der Waals surface area contributed by atoms with E-state index in [-0.39, 0.29) is 17.2 Å². The number of benzene rings is 2. The Hall–Kier alpha value is -2.87. The van der Waals surface area contributed by atoms with Gasteiger partial charge in [0.15, 0.2) is 0 Å². The molecule has 1 aliphatic rings. The van der Waals surface area contributed by atoms with Crippen molar-refractivity contribution < 1.29 is 17.9 Å².